The van der Waals surface area contributed by atoms with Crippen molar-refractivity contribution in [3.05, 3.63) is 70.0 Å². The fraction of sp³-hybridized carbons (Fsp3) is 0.278. The van der Waals surface area contributed by atoms with Crippen molar-refractivity contribution >= 4 is 0 Å². The van der Waals surface area contributed by atoms with Gasteiger partial charge in [-0.15, -0.1) is 0 Å². The fourth-order valence-electron chi connectivity index (χ4n) is 2.69. The molecule has 0 spiro atoms. The van der Waals surface area contributed by atoms with E-state index in [2.05, 4.69) is 29.0 Å². The molecule has 0 aliphatic heterocycles. The van der Waals surface area contributed by atoms with Crippen molar-refractivity contribution in [1.29, 1.82) is 0 Å². The predicted octanol–water partition coefficient (Wildman–Crippen LogP) is 3.52. The summed E-state index contributed by atoms with van der Waals surface area (Å²) in [6, 6.07) is 13.6. The lowest BCUT2D eigenvalue weighted by Gasteiger charge is -2.16. The van der Waals surface area contributed by atoms with Crippen molar-refractivity contribution in [1.82, 2.24) is 15.1 Å². The molecule has 1 aromatic carbocycles. The van der Waals surface area contributed by atoms with Gasteiger partial charge in [0.2, 0.25) is 11.7 Å². The summed E-state index contributed by atoms with van der Waals surface area (Å²) in [6.45, 7) is 6.05. The molecule has 3 rings (SSSR count). The van der Waals surface area contributed by atoms with E-state index in [4.69, 9.17) is 4.52 Å². The van der Waals surface area contributed by atoms with Crippen LogP contribution in [0.3, 0.4) is 0 Å². The molecular weight excluding hydrogens is 290 g/mol. The number of benzene rings is 1. The van der Waals surface area contributed by atoms with Crippen molar-refractivity contribution in [2.45, 2.75) is 26.7 Å². The standard InChI is InChI=1S/C18H19N3O2/c1-11(2)15(13-7-5-4-6-8-13)18-20-16(21-23-18)14-10-9-12(3)19-17(14)22/h4-11,15H,1-3H3,(H,19,22). The van der Waals surface area contributed by atoms with Crippen molar-refractivity contribution < 1.29 is 4.52 Å². The SMILES string of the molecule is Cc1ccc(-c2noc(C(c3ccccc3)C(C)C)n2)c(=O)[nH]1. The molecule has 3 aromatic rings. The van der Waals surface area contributed by atoms with Gasteiger partial charge in [0.05, 0.1) is 11.5 Å². The molecule has 1 unspecified atom stereocenters. The molecule has 118 valence electrons. The van der Waals surface area contributed by atoms with E-state index in [-0.39, 0.29) is 11.5 Å². The molecule has 1 N–H and O–H groups in total. The van der Waals surface area contributed by atoms with Crippen molar-refractivity contribution in [2.75, 3.05) is 0 Å². The van der Waals surface area contributed by atoms with E-state index >= 15 is 0 Å². The molecule has 5 heteroatoms. The topological polar surface area (TPSA) is 71.8 Å². The fourth-order valence-corrected chi connectivity index (χ4v) is 2.69. The smallest absolute Gasteiger partial charge is 0.259 e. The number of hydrogen-bond acceptors (Lipinski definition) is 4. The average molecular weight is 309 g/mol. The normalized spacial score (nSPS) is 12.5. The Bertz CT molecular complexity index is 850. The Hall–Kier alpha value is -2.69. The summed E-state index contributed by atoms with van der Waals surface area (Å²) in [7, 11) is 0. The zero-order chi connectivity index (χ0) is 16.4. The number of aryl methyl sites for hydroxylation is 1. The third-order valence-corrected chi connectivity index (χ3v) is 3.83. The van der Waals surface area contributed by atoms with Gasteiger partial charge in [-0.05, 0) is 30.5 Å². The molecule has 0 aliphatic rings. The number of aromatic nitrogens is 3. The van der Waals surface area contributed by atoms with E-state index in [1.807, 2.05) is 43.3 Å². The first-order chi connectivity index (χ1) is 11.1. The van der Waals surface area contributed by atoms with Crippen LogP contribution in [0.25, 0.3) is 11.4 Å². The quantitative estimate of drug-likeness (QED) is 0.800. The zero-order valence-corrected chi connectivity index (χ0v) is 13.4. The van der Waals surface area contributed by atoms with Crippen LogP contribution in [0.5, 0.6) is 0 Å². The highest BCUT2D eigenvalue weighted by Crippen LogP contribution is 2.31. The molecule has 23 heavy (non-hydrogen) atoms. The van der Waals surface area contributed by atoms with E-state index in [9.17, 15) is 4.79 Å². The Labute approximate surface area is 134 Å². The second-order valence-electron chi connectivity index (χ2n) is 5.97. The van der Waals surface area contributed by atoms with Gasteiger partial charge < -0.3 is 9.51 Å². The maximum absolute atomic E-state index is 12.0. The molecule has 2 aromatic heterocycles. The summed E-state index contributed by atoms with van der Waals surface area (Å²) in [5, 5.41) is 4.00. The molecule has 0 amide bonds. The van der Waals surface area contributed by atoms with Crippen molar-refractivity contribution in [2.24, 2.45) is 5.92 Å². The van der Waals surface area contributed by atoms with Gasteiger partial charge in [0, 0.05) is 5.69 Å². The van der Waals surface area contributed by atoms with Crippen molar-refractivity contribution in [3.63, 3.8) is 0 Å². The first-order valence-corrected chi connectivity index (χ1v) is 7.65. The Kier molecular flexibility index (Phi) is 4.10. The largest absolute Gasteiger partial charge is 0.338 e. The van der Waals surface area contributed by atoms with Crippen LogP contribution in [0, 0.1) is 12.8 Å². The number of nitrogens with one attached hydrogen (secondary N) is 1. The third kappa shape index (κ3) is 3.08. The van der Waals surface area contributed by atoms with E-state index < -0.39 is 0 Å². The number of rotatable bonds is 4. The van der Waals surface area contributed by atoms with E-state index in [1.165, 1.54) is 0 Å². The second kappa shape index (κ2) is 6.20. The van der Waals surface area contributed by atoms with E-state index in [0.717, 1.165) is 11.3 Å². The van der Waals surface area contributed by atoms with Gasteiger partial charge in [0.15, 0.2) is 0 Å². The lowest BCUT2D eigenvalue weighted by Crippen LogP contribution is -2.11. The minimum Gasteiger partial charge on any atom is -0.338 e. The van der Waals surface area contributed by atoms with Crippen LogP contribution in [-0.2, 0) is 0 Å². The minimum absolute atomic E-state index is 0.00183. The Morgan fingerprint density at radius 2 is 1.83 bits per heavy atom. The minimum atomic E-state index is -0.210. The molecule has 0 radical (unpaired) electrons. The summed E-state index contributed by atoms with van der Waals surface area (Å²) < 4.78 is 5.47. The zero-order valence-electron chi connectivity index (χ0n) is 13.4. The molecule has 0 bridgehead atoms. The van der Waals surface area contributed by atoms with Gasteiger partial charge >= 0.3 is 0 Å². The van der Waals surface area contributed by atoms with Gasteiger partial charge in [-0.1, -0.05) is 49.3 Å². The molecule has 0 fully saturated rings. The average Bonchev–Trinajstić information content (AvgIpc) is 2.97. The molecule has 0 saturated carbocycles. The highest BCUT2D eigenvalue weighted by atomic mass is 16.5. The number of pyridine rings is 1. The van der Waals surface area contributed by atoms with Crippen LogP contribution < -0.4 is 5.56 Å². The Morgan fingerprint density at radius 3 is 2.48 bits per heavy atom. The van der Waals surface area contributed by atoms with Crippen LogP contribution in [0.1, 0.15) is 36.9 Å². The molecule has 5 nitrogen and oxygen atoms in total. The summed E-state index contributed by atoms with van der Waals surface area (Å²) in [6.07, 6.45) is 0. The van der Waals surface area contributed by atoms with Crippen LogP contribution in [0.2, 0.25) is 0 Å². The Morgan fingerprint density at radius 1 is 1.09 bits per heavy atom. The summed E-state index contributed by atoms with van der Waals surface area (Å²) in [5.41, 5.74) is 2.13. The molecule has 2 heterocycles. The molecule has 1 atom stereocenters. The first kappa shape index (κ1) is 15.2. The molecule has 0 saturated heterocycles. The lowest BCUT2D eigenvalue weighted by molar-refractivity contribution is 0.341. The van der Waals surface area contributed by atoms with Gasteiger partial charge in [-0.3, -0.25) is 4.79 Å². The number of nitrogens with zero attached hydrogens (tertiary/aromatic N) is 2. The van der Waals surface area contributed by atoms with Crippen molar-refractivity contribution in [3.8, 4) is 11.4 Å². The maximum Gasteiger partial charge on any atom is 0.259 e. The number of H-pyrrole nitrogens is 1. The van der Waals surface area contributed by atoms with Gasteiger partial charge in [0.25, 0.3) is 5.56 Å². The lowest BCUT2D eigenvalue weighted by atomic mass is 9.88. The highest BCUT2D eigenvalue weighted by molar-refractivity contribution is 5.52. The summed E-state index contributed by atoms with van der Waals surface area (Å²) in [4.78, 5) is 19.3. The van der Waals surface area contributed by atoms with E-state index in [1.54, 1.807) is 6.07 Å². The highest BCUT2D eigenvalue weighted by Gasteiger charge is 2.25. The van der Waals surface area contributed by atoms with Gasteiger partial charge in [-0.25, -0.2) is 0 Å². The third-order valence-electron chi connectivity index (χ3n) is 3.83. The van der Waals surface area contributed by atoms with Crippen LogP contribution in [0.4, 0.5) is 0 Å². The maximum atomic E-state index is 12.0. The Balaban J connectivity index is 2.01. The summed E-state index contributed by atoms with van der Waals surface area (Å²) in [5.74, 6) is 1.15. The molecule has 0 aliphatic carbocycles. The monoisotopic (exact) mass is 309 g/mol. The molecular formula is C18H19N3O2. The number of hydrogen-bond donors (Lipinski definition) is 1. The van der Waals surface area contributed by atoms with Crippen LogP contribution in [0.15, 0.2) is 51.8 Å². The first-order valence-electron chi connectivity index (χ1n) is 7.65. The predicted molar refractivity (Wildman–Crippen MR) is 88.2 cm³/mol. The van der Waals surface area contributed by atoms with Gasteiger partial charge in [-0.2, -0.15) is 4.98 Å². The van der Waals surface area contributed by atoms with Gasteiger partial charge in [0.1, 0.15) is 0 Å². The van der Waals surface area contributed by atoms with E-state index in [0.29, 0.717) is 23.2 Å². The summed E-state index contributed by atoms with van der Waals surface area (Å²) >= 11 is 0. The number of aromatic amines is 1. The van der Waals surface area contributed by atoms with Crippen LogP contribution in [-0.4, -0.2) is 15.1 Å². The van der Waals surface area contributed by atoms with Crippen LogP contribution >= 0.6 is 0 Å². The second-order valence-corrected chi connectivity index (χ2v) is 5.97.